The van der Waals surface area contributed by atoms with Gasteiger partial charge in [0.15, 0.2) is 22.9 Å². The van der Waals surface area contributed by atoms with E-state index in [1.165, 1.54) is 109 Å². The highest BCUT2D eigenvalue weighted by molar-refractivity contribution is 5.67. The van der Waals surface area contributed by atoms with Crippen LogP contribution in [0.5, 0.6) is 11.5 Å². The van der Waals surface area contributed by atoms with Gasteiger partial charge in [0.2, 0.25) is 0 Å². The Labute approximate surface area is 338 Å². The maximum Gasteiger partial charge on any atom is 0.302 e. The molecule has 3 aromatic carbocycles. The number of nitrogens with zero attached hydrogens (tertiary/aromatic N) is 2. The zero-order valence-electron chi connectivity index (χ0n) is 34.7. The van der Waals surface area contributed by atoms with Crippen LogP contribution in [0.3, 0.4) is 0 Å². The first-order chi connectivity index (χ1) is 27.6. The summed E-state index contributed by atoms with van der Waals surface area (Å²) in [7, 11) is 0. The Morgan fingerprint density at radius 1 is 0.667 bits per heavy atom. The molecule has 0 unspecified atom stereocenters. The number of rotatable bonds is 30. The van der Waals surface area contributed by atoms with Crippen molar-refractivity contribution >= 4 is 46.1 Å². The Morgan fingerprint density at radius 2 is 1.21 bits per heavy atom. The maximum atomic E-state index is 11.4. The average Bonchev–Trinajstić information content (AvgIpc) is 3.19. The maximum absolute atomic E-state index is 11.4. The van der Waals surface area contributed by atoms with E-state index < -0.39 is 16.9 Å². The predicted molar refractivity (Wildman–Crippen MR) is 224 cm³/mol. The van der Waals surface area contributed by atoms with Crippen molar-refractivity contribution in [2.24, 2.45) is 0 Å². The lowest BCUT2D eigenvalue weighted by atomic mass is 10.1. The van der Waals surface area contributed by atoms with Gasteiger partial charge in [0.1, 0.15) is 32.1 Å². The first-order valence-electron chi connectivity index (χ1n) is 20.6. The molecular weight excluding hydrogens is 729 g/mol. The number of unbranched alkanes of at least 4 members (excludes halogenated alkanes) is 10. The van der Waals surface area contributed by atoms with Crippen LogP contribution in [0.2, 0.25) is 0 Å². The van der Waals surface area contributed by atoms with E-state index >= 15 is 0 Å². The van der Waals surface area contributed by atoms with E-state index in [1.54, 1.807) is 29.7 Å². The summed E-state index contributed by atoms with van der Waals surface area (Å²) in [6, 6.07) is 16.2. The molecule has 0 saturated heterocycles. The molecule has 0 aromatic heterocycles. The molecule has 3 rings (SSSR count). The standard InChI is InChI=1S/C43H64N6O8/c1-6-8-10-12-14-16-24-48(25-17-15-13-11-9-7-2)38-22-23-39(33(3)30-38)45-47-41-32-42(56-28-26-54-34(4)50)40(31-43(41)57-29-27-55-35(5)51)46-44-36-18-20-37(21-19-36)49(52)53/h18-23,30-32,44-47H,6-17,24-29H2,1-5H3/p+2. The van der Waals surface area contributed by atoms with E-state index in [9.17, 15) is 19.7 Å². The topological polar surface area (TPSA) is 175 Å². The van der Waals surface area contributed by atoms with Crippen molar-refractivity contribution in [2.75, 3.05) is 55.3 Å². The predicted octanol–water partition coefficient (Wildman–Crippen LogP) is 7.76. The summed E-state index contributed by atoms with van der Waals surface area (Å²) >= 11 is 0. The Bertz CT molecular complexity index is 1640. The molecule has 0 spiro atoms. The molecule has 57 heavy (non-hydrogen) atoms. The summed E-state index contributed by atoms with van der Waals surface area (Å²) in [5.74, 6) is 0.125. The molecule has 0 saturated carbocycles. The summed E-state index contributed by atoms with van der Waals surface area (Å²) in [5, 5.41) is 11.1. The first kappa shape index (κ1) is 46.3. The molecule has 0 amide bonds. The first-order valence-corrected chi connectivity index (χ1v) is 20.6. The molecule has 3 aromatic rings. The van der Waals surface area contributed by atoms with Crippen LogP contribution in [0, 0.1) is 17.0 Å². The fourth-order valence-corrected chi connectivity index (χ4v) is 6.27. The number of nitro benzene ring substituents is 1. The molecule has 0 atom stereocenters. The molecule has 0 fully saturated rings. The molecule has 0 radical (unpaired) electrons. The van der Waals surface area contributed by atoms with Gasteiger partial charge in [-0.2, -0.15) is 0 Å². The molecule has 14 heteroatoms. The number of benzene rings is 3. The van der Waals surface area contributed by atoms with E-state index in [0.717, 1.165) is 24.3 Å². The SMILES string of the molecule is CCCCCCCCN(CCCCCCCC)c1ccc([NH2+]Nc2cc(OCCOC(C)=O)c([NH2+]Nc3ccc([N+](=O)[O-])cc3)cc2OCCOC(C)=O)c(C)c1. The lowest BCUT2D eigenvalue weighted by Gasteiger charge is -2.26. The molecule has 0 heterocycles. The second-order valence-corrected chi connectivity index (χ2v) is 14.2. The molecule has 0 bridgehead atoms. The monoisotopic (exact) mass is 794 g/mol. The Hall–Kier alpha value is -5.08. The Balaban J connectivity index is 1.83. The number of nitro groups is 1. The second kappa shape index (κ2) is 26.7. The summed E-state index contributed by atoms with van der Waals surface area (Å²) < 4.78 is 22.4. The van der Waals surface area contributed by atoms with Gasteiger partial charge < -0.3 is 23.8 Å². The van der Waals surface area contributed by atoms with Crippen molar-refractivity contribution in [3.05, 3.63) is 70.3 Å². The number of nitrogen functional groups attached to an aromatic ring is 2. The molecule has 0 aliphatic rings. The number of hydrogen-bond donors (Lipinski definition) is 4. The van der Waals surface area contributed by atoms with Gasteiger partial charge in [-0.05, 0) is 44.0 Å². The van der Waals surface area contributed by atoms with Crippen LogP contribution in [0.15, 0.2) is 54.6 Å². The number of aryl methyl sites for hydroxylation is 1. The normalized spacial score (nSPS) is 10.8. The van der Waals surface area contributed by atoms with Crippen molar-refractivity contribution in [1.29, 1.82) is 0 Å². The number of quaternary nitrogens is 2. The zero-order chi connectivity index (χ0) is 41.3. The molecular formula is C43H66N6O8+2. The third kappa shape index (κ3) is 18.2. The van der Waals surface area contributed by atoms with Gasteiger partial charge >= 0.3 is 11.9 Å². The number of hydrogen-bond acceptors (Lipinski definition) is 11. The van der Waals surface area contributed by atoms with Crippen LogP contribution in [-0.2, 0) is 19.1 Å². The third-order valence-electron chi connectivity index (χ3n) is 9.44. The van der Waals surface area contributed by atoms with Gasteiger partial charge in [-0.3, -0.25) is 19.7 Å². The quantitative estimate of drug-likeness (QED) is 0.0130. The second-order valence-electron chi connectivity index (χ2n) is 14.2. The van der Waals surface area contributed by atoms with Crippen molar-refractivity contribution in [3.63, 3.8) is 0 Å². The van der Waals surface area contributed by atoms with E-state index in [4.69, 9.17) is 18.9 Å². The van der Waals surface area contributed by atoms with Crippen LogP contribution in [0.25, 0.3) is 0 Å². The fraction of sp³-hybridized carbons (Fsp3) is 0.535. The van der Waals surface area contributed by atoms with Gasteiger partial charge in [-0.15, -0.1) is 0 Å². The van der Waals surface area contributed by atoms with E-state index in [-0.39, 0.29) is 32.1 Å². The molecule has 6 N–H and O–H groups in total. The minimum Gasteiger partial charge on any atom is -0.487 e. The van der Waals surface area contributed by atoms with Crippen molar-refractivity contribution in [3.8, 4) is 11.5 Å². The molecule has 0 aliphatic heterocycles. The van der Waals surface area contributed by atoms with Crippen molar-refractivity contribution in [2.45, 2.75) is 112 Å². The smallest absolute Gasteiger partial charge is 0.302 e. The molecule has 0 aliphatic carbocycles. The minimum absolute atomic E-state index is 0.0197. The van der Waals surface area contributed by atoms with Crippen molar-refractivity contribution < 1.29 is 44.3 Å². The number of carbonyl (C=O) groups excluding carboxylic acids is 2. The lowest BCUT2D eigenvalue weighted by Crippen LogP contribution is -2.83. The van der Waals surface area contributed by atoms with Gasteiger partial charge in [0, 0.05) is 68.5 Å². The summed E-state index contributed by atoms with van der Waals surface area (Å²) in [4.78, 5) is 36.1. The highest BCUT2D eigenvalue weighted by atomic mass is 16.6. The van der Waals surface area contributed by atoms with Gasteiger partial charge in [-0.25, -0.2) is 21.7 Å². The number of ether oxygens (including phenoxy) is 4. The summed E-state index contributed by atoms with van der Waals surface area (Å²) in [5.41, 5.74) is 15.4. The summed E-state index contributed by atoms with van der Waals surface area (Å²) in [6.07, 6.45) is 15.2. The zero-order valence-corrected chi connectivity index (χ0v) is 34.7. The number of esters is 2. The number of nitrogens with two attached hydrogens (primary N) is 2. The number of nitrogens with one attached hydrogen (secondary N) is 2. The number of carbonyl (C=O) groups is 2. The Kier molecular flexibility index (Phi) is 21.7. The largest absolute Gasteiger partial charge is 0.487 e. The average molecular weight is 795 g/mol. The van der Waals surface area contributed by atoms with Crippen LogP contribution < -0.4 is 36.1 Å². The van der Waals surface area contributed by atoms with E-state index in [2.05, 4.69) is 54.7 Å². The van der Waals surface area contributed by atoms with Crippen LogP contribution in [0.4, 0.5) is 34.1 Å². The molecule has 314 valence electrons. The number of anilines is 3. The van der Waals surface area contributed by atoms with Crippen LogP contribution >= 0.6 is 0 Å². The lowest BCUT2D eigenvalue weighted by molar-refractivity contribution is -0.539. The molecule has 14 nitrogen and oxygen atoms in total. The van der Waals surface area contributed by atoms with E-state index in [0.29, 0.717) is 28.6 Å². The van der Waals surface area contributed by atoms with Crippen molar-refractivity contribution in [1.82, 2.24) is 0 Å². The Morgan fingerprint density at radius 3 is 1.75 bits per heavy atom. The van der Waals surface area contributed by atoms with Gasteiger partial charge in [0.25, 0.3) is 5.69 Å². The summed E-state index contributed by atoms with van der Waals surface area (Å²) in [6.45, 7) is 11.7. The van der Waals surface area contributed by atoms with Gasteiger partial charge in [-0.1, -0.05) is 78.1 Å². The highest BCUT2D eigenvalue weighted by Crippen LogP contribution is 2.34. The fourth-order valence-electron chi connectivity index (χ4n) is 6.27. The highest BCUT2D eigenvalue weighted by Gasteiger charge is 2.19. The van der Waals surface area contributed by atoms with E-state index in [1.807, 2.05) is 5.43 Å². The van der Waals surface area contributed by atoms with Crippen LogP contribution in [-0.4, -0.2) is 56.4 Å². The number of non-ortho nitro benzene ring substituents is 1. The van der Waals surface area contributed by atoms with Crippen LogP contribution in [0.1, 0.15) is 110 Å². The third-order valence-corrected chi connectivity index (χ3v) is 9.44. The van der Waals surface area contributed by atoms with Gasteiger partial charge in [0.05, 0.1) is 10.6 Å². The minimum atomic E-state index is -0.455.